The zero-order valence-corrected chi connectivity index (χ0v) is 13.2. The molecule has 2 aromatic carbocycles. The van der Waals surface area contributed by atoms with Crippen LogP contribution >= 0.6 is 23.2 Å². The Hall–Kier alpha value is -1.26. The van der Waals surface area contributed by atoms with Crippen molar-refractivity contribution in [2.24, 2.45) is 0 Å². The van der Waals surface area contributed by atoms with Crippen LogP contribution in [0.5, 0.6) is 5.75 Å². The minimum atomic E-state index is 0.0683. The van der Waals surface area contributed by atoms with Gasteiger partial charge in [0.2, 0.25) is 0 Å². The first-order valence-corrected chi connectivity index (χ1v) is 7.30. The van der Waals surface area contributed by atoms with Gasteiger partial charge in [0, 0.05) is 30.8 Å². The number of phenols is 1. The van der Waals surface area contributed by atoms with Crippen LogP contribution in [0.4, 0.5) is 0 Å². The van der Waals surface area contributed by atoms with Gasteiger partial charge in [0.1, 0.15) is 5.75 Å². The Balaban J connectivity index is 2.02. The highest BCUT2D eigenvalue weighted by Gasteiger charge is 2.08. The number of benzene rings is 2. The molecule has 0 heterocycles. The summed E-state index contributed by atoms with van der Waals surface area (Å²) in [4.78, 5) is 0. The molecule has 2 rings (SSSR count). The summed E-state index contributed by atoms with van der Waals surface area (Å²) in [7, 11) is 1.68. The quantitative estimate of drug-likeness (QED) is 0.838. The van der Waals surface area contributed by atoms with Crippen LogP contribution in [-0.4, -0.2) is 12.2 Å². The van der Waals surface area contributed by atoms with Crippen molar-refractivity contribution in [2.45, 2.75) is 19.7 Å². The summed E-state index contributed by atoms with van der Waals surface area (Å²) in [5, 5.41) is 14.0. The van der Waals surface area contributed by atoms with Gasteiger partial charge < -0.3 is 15.2 Å². The van der Waals surface area contributed by atoms with E-state index in [4.69, 9.17) is 27.9 Å². The summed E-state index contributed by atoms with van der Waals surface area (Å²) < 4.78 is 5.18. The molecule has 112 valence electrons. The number of methoxy groups -OCH3 is 1. The number of aromatic hydroxyl groups is 1. The Bertz CT molecular complexity index is 617. The van der Waals surface area contributed by atoms with Crippen molar-refractivity contribution >= 4 is 23.2 Å². The zero-order chi connectivity index (χ0) is 15.2. The summed E-state index contributed by atoms with van der Waals surface area (Å²) in [6.45, 7) is 1.72. The maximum Gasteiger partial charge on any atom is 0.138 e. The first-order chi connectivity index (χ1) is 10.1. The van der Waals surface area contributed by atoms with Crippen molar-refractivity contribution < 1.29 is 9.84 Å². The second-order valence-electron chi connectivity index (χ2n) is 4.70. The van der Waals surface area contributed by atoms with Crippen LogP contribution in [-0.2, 0) is 24.4 Å². The summed E-state index contributed by atoms with van der Waals surface area (Å²) in [6, 6.07) is 11.3. The van der Waals surface area contributed by atoms with Gasteiger partial charge in [0.25, 0.3) is 0 Å². The molecule has 0 amide bonds. The third kappa shape index (κ3) is 4.35. The smallest absolute Gasteiger partial charge is 0.138 e. The van der Waals surface area contributed by atoms with E-state index in [1.54, 1.807) is 13.2 Å². The van der Waals surface area contributed by atoms with E-state index in [0.717, 1.165) is 11.1 Å². The van der Waals surface area contributed by atoms with Gasteiger partial charge in [0.05, 0.1) is 11.6 Å². The van der Waals surface area contributed by atoms with Gasteiger partial charge in [-0.2, -0.15) is 0 Å². The monoisotopic (exact) mass is 325 g/mol. The standard InChI is InChI=1S/C16H17Cl2NO2/c1-21-10-12-5-3-2-4-11(12)8-19-9-13-6-14(17)7-15(18)16(13)20/h2-7,19-20H,8-10H2,1H3. The van der Waals surface area contributed by atoms with E-state index in [1.165, 1.54) is 6.07 Å². The molecule has 0 radical (unpaired) electrons. The van der Waals surface area contributed by atoms with Crippen LogP contribution in [0.15, 0.2) is 36.4 Å². The molecule has 3 nitrogen and oxygen atoms in total. The topological polar surface area (TPSA) is 41.5 Å². The van der Waals surface area contributed by atoms with Crippen LogP contribution < -0.4 is 5.32 Å². The lowest BCUT2D eigenvalue weighted by atomic mass is 10.1. The number of nitrogens with one attached hydrogen (secondary N) is 1. The fourth-order valence-corrected chi connectivity index (χ4v) is 2.65. The normalized spacial score (nSPS) is 10.8. The van der Waals surface area contributed by atoms with Gasteiger partial charge >= 0.3 is 0 Å². The summed E-state index contributed by atoms with van der Waals surface area (Å²) >= 11 is 11.8. The van der Waals surface area contributed by atoms with Crippen molar-refractivity contribution in [1.82, 2.24) is 5.32 Å². The van der Waals surface area contributed by atoms with Gasteiger partial charge in [-0.3, -0.25) is 0 Å². The highest BCUT2D eigenvalue weighted by atomic mass is 35.5. The van der Waals surface area contributed by atoms with E-state index in [2.05, 4.69) is 5.32 Å². The highest BCUT2D eigenvalue weighted by Crippen LogP contribution is 2.31. The second kappa shape index (κ2) is 7.66. The molecule has 0 aromatic heterocycles. The van der Waals surface area contributed by atoms with Crippen LogP contribution in [0.1, 0.15) is 16.7 Å². The number of hydrogen-bond donors (Lipinski definition) is 2. The Morgan fingerprint density at radius 3 is 2.43 bits per heavy atom. The fraction of sp³-hybridized carbons (Fsp3) is 0.250. The molecule has 0 unspecified atom stereocenters. The lowest BCUT2D eigenvalue weighted by Crippen LogP contribution is -2.14. The minimum Gasteiger partial charge on any atom is -0.506 e. The molecule has 0 saturated heterocycles. The molecule has 0 bridgehead atoms. The Labute approximate surface area is 134 Å². The minimum absolute atomic E-state index is 0.0683. The van der Waals surface area contributed by atoms with Crippen LogP contribution in [0.2, 0.25) is 10.0 Å². The molecule has 2 N–H and O–H groups in total. The molecule has 0 fully saturated rings. The molecule has 5 heteroatoms. The summed E-state index contributed by atoms with van der Waals surface area (Å²) in [5.41, 5.74) is 2.98. The first-order valence-electron chi connectivity index (χ1n) is 6.55. The Kier molecular flexibility index (Phi) is 5.88. The molecule has 0 aliphatic rings. The lowest BCUT2D eigenvalue weighted by molar-refractivity contribution is 0.184. The van der Waals surface area contributed by atoms with E-state index in [0.29, 0.717) is 30.3 Å². The molecule has 21 heavy (non-hydrogen) atoms. The fourth-order valence-electron chi connectivity index (χ4n) is 2.11. The van der Waals surface area contributed by atoms with Crippen LogP contribution in [0.3, 0.4) is 0 Å². The molecule has 0 spiro atoms. The molecular weight excluding hydrogens is 309 g/mol. The number of hydrogen-bond acceptors (Lipinski definition) is 3. The van der Waals surface area contributed by atoms with E-state index >= 15 is 0 Å². The molecular formula is C16H17Cl2NO2. The van der Waals surface area contributed by atoms with E-state index in [-0.39, 0.29) is 10.8 Å². The number of phenolic OH excluding ortho intramolecular Hbond substituents is 1. The second-order valence-corrected chi connectivity index (χ2v) is 5.54. The number of ether oxygens (including phenoxy) is 1. The average molecular weight is 326 g/mol. The maximum absolute atomic E-state index is 9.91. The summed E-state index contributed by atoms with van der Waals surface area (Å²) in [5.74, 6) is 0.0683. The van der Waals surface area contributed by atoms with Gasteiger partial charge in [-0.15, -0.1) is 0 Å². The van der Waals surface area contributed by atoms with Gasteiger partial charge in [-0.25, -0.2) is 0 Å². The Morgan fingerprint density at radius 2 is 1.71 bits per heavy atom. The molecule has 0 aliphatic carbocycles. The van der Waals surface area contributed by atoms with Crippen molar-refractivity contribution in [3.8, 4) is 5.75 Å². The zero-order valence-electron chi connectivity index (χ0n) is 11.7. The largest absolute Gasteiger partial charge is 0.506 e. The molecule has 0 aliphatic heterocycles. The predicted molar refractivity (Wildman–Crippen MR) is 85.8 cm³/mol. The Morgan fingerprint density at radius 1 is 1.05 bits per heavy atom. The third-order valence-corrected chi connectivity index (χ3v) is 3.66. The average Bonchev–Trinajstić information content (AvgIpc) is 2.46. The van der Waals surface area contributed by atoms with Gasteiger partial charge in [0.15, 0.2) is 0 Å². The maximum atomic E-state index is 9.91. The molecule has 0 saturated carbocycles. The van der Waals surface area contributed by atoms with E-state index < -0.39 is 0 Å². The van der Waals surface area contributed by atoms with Crippen molar-refractivity contribution in [2.75, 3.05) is 7.11 Å². The van der Waals surface area contributed by atoms with E-state index in [9.17, 15) is 5.11 Å². The third-order valence-electron chi connectivity index (χ3n) is 3.16. The summed E-state index contributed by atoms with van der Waals surface area (Å²) in [6.07, 6.45) is 0. The van der Waals surface area contributed by atoms with Crippen molar-refractivity contribution in [1.29, 1.82) is 0 Å². The van der Waals surface area contributed by atoms with Crippen molar-refractivity contribution in [3.05, 3.63) is 63.1 Å². The molecule has 2 aromatic rings. The lowest BCUT2D eigenvalue weighted by Gasteiger charge is -2.11. The highest BCUT2D eigenvalue weighted by molar-refractivity contribution is 6.35. The van der Waals surface area contributed by atoms with Gasteiger partial charge in [-0.1, -0.05) is 47.5 Å². The first kappa shape index (κ1) is 16.1. The SMILES string of the molecule is COCc1ccccc1CNCc1cc(Cl)cc(Cl)c1O. The van der Waals surface area contributed by atoms with Crippen LogP contribution in [0.25, 0.3) is 0 Å². The number of halogens is 2. The van der Waals surface area contributed by atoms with E-state index in [1.807, 2.05) is 24.3 Å². The van der Waals surface area contributed by atoms with Crippen LogP contribution in [0, 0.1) is 0 Å². The van der Waals surface area contributed by atoms with Gasteiger partial charge in [-0.05, 0) is 23.3 Å². The molecule has 0 atom stereocenters. The van der Waals surface area contributed by atoms with Crippen molar-refractivity contribution in [3.63, 3.8) is 0 Å². The number of rotatable bonds is 6. The predicted octanol–water partition coefficient (Wildman–Crippen LogP) is 4.14.